The van der Waals surface area contributed by atoms with Crippen LogP contribution in [0, 0.1) is 0 Å². The summed E-state index contributed by atoms with van der Waals surface area (Å²) in [5.74, 6) is -0.902. The number of rotatable bonds is 4. The molecule has 0 saturated carbocycles. The molecule has 0 aromatic carbocycles. The molecule has 1 heterocycles. The highest BCUT2D eigenvalue weighted by molar-refractivity contribution is 5.79. The molecule has 1 aromatic heterocycles. The lowest BCUT2D eigenvalue weighted by Crippen LogP contribution is -1.89. The zero-order valence-corrected chi connectivity index (χ0v) is 7.18. The largest absolute Gasteiger partial charge is 0.478 e. The van der Waals surface area contributed by atoms with E-state index in [9.17, 15) is 4.79 Å². The molecule has 0 radical (unpaired) electrons. The molecule has 0 aliphatic rings. The van der Waals surface area contributed by atoms with Crippen molar-refractivity contribution in [3.63, 3.8) is 0 Å². The third-order valence-electron chi connectivity index (χ3n) is 1.55. The second-order valence-corrected chi connectivity index (χ2v) is 2.60. The maximum absolute atomic E-state index is 10.1. The minimum absolute atomic E-state index is 0.712. The second-order valence-electron chi connectivity index (χ2n) is 2.60. The summed E-state index contributed by atoms with van der Waals surface area (Å²) in [6, 6.07) is 5.70. The van der Waals surface area contributed by atoms with Gasteiger partial charge in [0.15, 0.2) is 0 Å². The minimum atomic E-state index is -0.902. The first kappa shape index (κ1) is 9.45. The number of hydrogen-bond acceptors (Lipinski definition) is 2. The predicted molar refractivity (Wildman–Crippen MR) is 49.3 cm³/mol. The Balaban J connectivity index is 2.32. The number of aliphatic carboxylic acids is 1. The molecule has 1 aromatic rings. The summed E-state index contributed by atoms with van der Waals surface area (Å²) in [5, 5.41) is 8.31. The van der Waals surface area contributed by atoms with Crippen LogP contribution < -0.4 is 0 Å². The Hall–Kier alpha value is -1.64. The van der Waals surface area contributed by atoms with Gasteiger partial charge in [0.2, 0.25) is 0 Å². The number of hydrogen-bond donors (Lipinski definition) is 1. The first-order valence-electron chi connectivity index (χ1n) is 4.08. The molecular formula is C10H11NO2. The summed E-state index contributed by atoms with van der Waals surface area (Å²) < 4.78 is 0. The van der Waals surface area contributed by atoms with Crippen LogP contribution in [-0.2, 0) is 11.2 Å². The highest BCUT2D eigenvalue weighted by atomic mass is 16.4. The van der Waals surface area contributed by atoms with Crippen LogP contribution in [0.15, 0.2) is 36.5 Å². The number of carboxylic acids is 1. The van der Waals surface area contributed by atoms with Gasteiger partial charge < -0.3 is 5.11 Å². The van der Waals surface area contributed by atoms with Crippen LogP contribution in [0.1, 0.15) is 12.1 Å². The van der Waals surface area contributed by atoms with E-state index in [0.29, 0.717) is 6.42 Å². The van der Waals surface area contributed by atoms with Gasteiger partial charge in [0.05, 0.1) is 0 Å². The van der Waals surface area contributed by atoms with Crippen LogP contribution in [0.2, 0.25) is 0 Å². The standard InChI is InChI=1S/C10H11NO2/c12-10(13)7-2-1-5-9-6-3-4-8-11-9/h2-4,6-8H,1,5H2,(H,12,13)/b7-2+. The smallest absolute Gasteiger partial charge is 0.327 e. The van der Waals surface area contributed by atoms with E-state index in [1.54, 1.807) is 12.3 Å². The number of allylic oxidation sites excluding steroid dienone is 1. The second kappa shape index (κ2) is 5.09. The maximum Gasteiger partial charge on any atom is 0.327 e. The van der Waals surface area contributed by atoms with Gasteiger partial charge in [-0.15, -0.1) is 0 Å². The highest BCUT2D eigenvalue weighted by Crippen LogP contribution is 1.98. The summed E-state index contributed by atoms with van der Waals surface area (Å²) in [7, 11) is 0. The van der Waals surface area contributed by atoms with Gasteiger partial charge in [-0.05, 0) is 25.0 Å². The predicted octanol–water partition coefficient (Wildman–Crippen LogP) is 1.66. The molecule has 0 aliphatic carbocycles. The Morgan fingerprint density at radius 1 is 1.54 bits per heavy atom. The van der Waals surface area contributed by atoms with E-state index in [1.807, 2.05) is 18.2 Å². The monoisotopic (exact) mass is 177 g/mol. The minimum Gasteiger partial charge on any atom is -0.478 e. The number of pyridine rings is 1. The summed E-state index contributed by atoms with van der Waals surface area (Å²) in [4.78, 5) is 14.2. The Bertz CT molecular complexity index is 293. The summed E-state index contributed by atoms with van der Waals surface area (Å²) in [6.45, 7) is 0. The number of carboxylic acid groups (broad SMARTS) is 1. The molecule has 0 unspecified atom stereocenters. The van der Waals surface area contributed by atoms with E-state index < -0.39 is 5.97 Å². The van der Waals surface area contributed by atoms with E-state index in [0.717, 1.165) is 18.2 Å². The van der Waals surface area contributed by atoms with Crippen molar-refractivity contribution in [2.75, 3.05) is 0 Å². The molecule has 3 heteroatoms. The topological polar surface area (TPSA) is 50.2 Å². The molecule has 0 aliphatic heterocycles. The van der Waals surface area contributed by atoms with Gasteiger partial charge in [-0.1, -0.05) is 12.1 Å². The van der Waals surface area contributed by atoms with Crippen LogP contribution >= 0.6 is 0 Å². The Morgan fingerprint density at radius 3 is 3.00 bits per heavy atom. The van der Waals surface area contributed by atoms with Crippen LogP contribution in [-0.4, -0.2) is 16.1 Å². The van der Waals surface area contributed by atoms with Crippen LogP contribution in [0.25, 0.3) is 0 Å². The van der Waals surface area contributed by atoms with Crippen molar-refractivity contribution in [3.05, 3.63) is 42.2 Å². The van der Waals surface area contributed by atoms with Gasteiger partial charge in [0.25, 0.3) is 0 Å². The SMILES string of the molecule is O=C(O)/C=C/CCc1ccccn1. The van der Waals surface area contributed by atoms with Crippen molar-refractivity contribution in [2.24, 2.45) is 0 Å². The quantitative estimate of drug-likeness (QED) is 0.711. The molecule has 0 amide bonds. The van der Waals surface area contributed by atoms with Gasteiger partial charge >= 0.3 is 5.97 Å². The molecule has 68 valence electrons. The fraction of sp³-hybridized carbons (Fsp3) is 0.200. The van der Waals surface area contributed by atoms with E-state index in [-0.39, 0.29) is 0 Å². The van der Waals surface area contributed by atoms with Crippen LogP contribution in [0.4, 0.5) is 0 Å². The summed E-state index contributed by atoms with van der Waals surface area (Å²) in [6.07, 6.45) is 6.02. The van der Waals surface area contributed by atoms with Crippen LogP contribution in [0.5, 0.6) is 0 Å². The number of aromatic nitrogens is 1. The molecule has 3 nitrogen and oxygen atoms in total. The van der Waals surface area contributed by atoms with E-state index >= 15 is 0 Å². The molecule has 0 atom stereocenters. The normalized spacial score (nSPS) is 10.5. The zero-order chi connectivity index (χ0) is 9.52. The van der Waals surface area contributed by atoms with Gasteiger partial charge in [-0.3, -0.25) is 4.98 Å². The third-order valence-corrected chi connectivity index (χ3v) is 1.55. The number of carbonyl (C=O) groups is 1. The van der Waals surface area contributed by atoms with Gasteiger partial charge in [-0.25, -0.2) is 4.79 Å². The van der Waals surface area contributed by atoms with E-state index in [1.165, 1.54) is 0 Å². The lowest BCUT2D eigenvalue weighted by molar-refractivity contribution is -0.131. The zero-order valence-electron chi connectivity index (χ0n) is 7.18. The number of nitrogens with zero attached hydrogens (tertiary/aromatic N) is 1. The molecule has 0 fully saturated rings. The Labute approximate surface area is 76.7 Å². The van der Waals surface area contributed by atoms with Crippen molar-refractivity contribution in [3.8, 4) is 0 Å². The average Bonchev–Trinajstić information content (AvgIpc) is 2.14. The van der Waals surface area contributed by atoms with Crippen molar-refractivity contribution in [1.82, 2.24) is 4.98 Å². The summed E-state index contributed by atoms with van der Waals surface area (Å²) >= 11 is 0. The van der Waals surface area contributed by atoms with Gasteiger partial charge in [0.1, 0.15) is 0 Å². The molecule has 13 heavy (non-hydrogen) atoms. The van der Waals surface area contributed by atoms with E-state index in [2.05, 4.69) is 4.98 Å². The molecule has 0 saturated heterocycles. The molecular weight excluding hydrogens is 166 g/mol. The van der Waals surface area contributed by atoms with E-state index in [4.69, 9.17) is 5.11 Å². The first-order valence-corrected chi connectivity index (χ1v) is 4.08. The van der Waals surface area contributed by atoms with Gasteiger partial charge in [0, 0.05) is 18.0 Å². The molecule has 0 spiro atoms. The third kappa shape index (κ3) is 4.06. The molecule has 1 rings (SSSR count). The molecule has 0 bridgehead atoms. The average molecular weight is 177 g/mol. The lowest BCUT2D eigenvalue weighted by atomic mass is 10.2. The first-order chi connectivity index (χ1) is 6.29. The summed E-state index contributed by atoms with van der Waals surface area (Å²) in [5.41, 5.74) is 0.984. The highest BCUT2D eigenvalue weighted by Gasteiger charge is 1.90. The Kier molecular flexibility index (Phi) is 3.70. The fourth-order valence-electron chi connectivity index (χ4n) is 0.961. The number of aryl methyl sites for hydroxylation is 1. The van der Waals surface area contributed by atoms with Crippen molar-refractivity contribution in [1.29, 1.82) is 0 Å². The van der Waals surface area contributed by atoms with Crippen LogP contribution in [0.3, 0.4) is 0 Å². The van der Waals surface area contributed by atoms with Crippen molar-refractivity contribution in [2.45, 2.75) is 12.8 Å². The maximum atomic E-state index is 10.1. The van der Waals surface area contributed by atoms with Crippen molar-refractivity contribution < 1.29 is 9.90 Å². The molecule has 1 N–H and O–H groups in total. The fourth-order valence-corrected chi connectivity index (χ4v) is 0.961. The Morgan fingerprint density at radius 2 is 2.38 bits per heavy atom. The van der Waals surface area contributed by atoms with Gasteiger partial charge in [-0.2, -0.15) is 0 Å². The lowest BCUT2D eigenvalue weighted by Gasteiger charge is -1.94. The van der Waals surface area contributed by atoms with Crippen molar-refractivity contribution >= 4 is 5.97 Å².